The predicted molar refractivity (Wildman–Crippen MR) is 83.1 cm³/mol. The molecule has 1 N–H and O–H groups in total. The fourth-order valence-electron chi connectivity index (χ4n) is 4.44. The molecule has 0 saturated heterocycles. The molecule has 2 saturated carbocycles. The minimum Gasteiger partial charge on any atom is -0.497 e. The van der Waals surface area contributed by atoms with E-state index in [1.165, 1.54) is 31.2 Å². The number of nitrogens with one attached hydrogen (secondary N) is 1. The highest BCUT2D eigenvalue weighted by molar-refractivity contribution is 5.27. The second-order valence-corrected chi connectivity index (χ2v) is 6.56. The Labute approximate surface area is 122 Å². The molecule has 110 valence electrons. The second kappa shape index (κ2) is 6.17. The zero-order valence-electron chi connectivity index (χ0n) is 12.8. The standard InChI is InChI=1S/C18H27NO/c1-3-19-18(17-11-14-4-7-15(17)10-14)12-13-5-8-16(20-2)9-6-13/h5-6,8-9,14-15,17-19H,3-4,7,10-12H2,1-2H3. The van der Waals surface area contributed by atoms with Crippen molar-refractivity contribution < 1.29 is 4.74 Å². The van der Waals surface area contributed by atoms with Crippen molar-refractivity contribution in [2.24, 2.45) is 17.8 Å². The van der Waals surface area contributed by atoms with Gasteiger partial charge in [0.25, 0.3) is 0 Å². The van der Waals surface area contributed by atoms with Crippen molar-refractivity contribution >= 4 is 0 Å². The Balaban J connectivity index is 1.67. The summed E-state index contributed by atoms with van der Waals surface area (Å²) < 4.78 is 5.25. The largest absolute Gasteiger partial charge is 0.497 e. The molecule has 2 aliphatic carbocycles. The molecule has 2 heteroatoms. The number of hydrogen-bond donors (Lipinski definition) is 1. The van der Waals surface area contributed by atoms with Gasteiger partial charge in [0, 0.05) is 6.04 Å². The summed E-state index contributed by atoms with van der Waals surface area (Å²) in [5, 5.41) is 3.76. The van der Waals surface area contributed by atoms with Crippen LogP contribution in [0.15, 0.2) is 24.3 Å². The van der Waals surface area contributed by atoms with Gasteiger partial charge < -0.3 is 10.1 Å². The highest BCUT2D eigenvalue weighted by atomic mass is 16.5. The van der Waals surface area contributed by atoms with Gasteiger partial charge in [0.2, 0.25) is 0 Å². The molecular weight excluding hydrogens is 246 g/mol. The zero-order valence-corrected chi connectivity index (χ0v) is 12.8. The number of ether oxygens (including phenoxy) is 1. The maximum Gasteiger partial charge on any atom is 0.118 e. The second-order valence-electron chi connectivity index (χ2n) is 6.56. The van der Waals surface area contributed by atoms with E-state index in [2.05, 4.69) is 36.5 Å². The number of benzene rings is 1. The van der Waals surface area contributed by atoms with E-state index >= 15 is 0 Å². The fraction of sp³-hybridized carbons (Fsp3) is 0.667. The molecule has 1 aromatic rings. The van der Waals surface area contributed by atoms with Crippen LogP contribution in [0.4, 0.5) is 0 Å². The van der Waals surface area contributed by atoms with Crippen molar-refractivity contribution in [1.82, 2.24) is 5.32 Å². The molecule has 4 atom stereocenters. The first-order valence-electron chi connectivity index (χ1n) is 8.16. The number of hydrogen-bond acceptors (Lipinski definition) is 2. The summed E-state index contributed by atoms with van der Waals surface area (Å²) in [7, 11) is 1.73. The maximum atomic E-state index is 5.25. The number of methoxy groups -OCH3 is 1. The van der Waals surface area contributed by atoms with Gasteiger partial charge in [-0.3, -0.25) is 0 Å². The predicted octanol–water partition coefficient (Wildman–Crippen LogP) is 3.65. The molecule has 0 aromatic heterocycles. The lowest BCUT2D eigenvalue weighted by atomic mass is 9.81. The minimum absolute atomic E-state index is 0.656. The van der Waals surface area contributed by atoms with Crippen LogP contribution < -0.4 is 10.1 Å². The van der Waals surface area contributed by atoms with E-state index in [-0.39, 0.29) is 0 Å². The number of rotatable bonds is 6. The summed E-state index contributed by atoms with van der Waals surface area (Å²) in [5.41, 5.74) is 1.43. The molecule has 0 heterocycles. The molecule has 0 radical (unpaired) electrons. The lowest BCUT2D eigenvalue weighted by Crippen LogP contribution is -2.40. The third-order valence-corrected chi connectivity index (χ3v) is 5.39. The van der Waals surface area contributed by atoms with Crippen LogP contribution in [0.5, 0.6) is 5.75 Å². The molecule has 20 heavy (non-hydrogen) atoms. The highest BCUT2D eigenvalue weighted by Crippen LogP contribution is 2.49. The third-order valence-electron chi connectivity index (χ3n) is 5.39. The van der Waals surface area contributed by atoms with E-state index in [4.69, 9.17) is 4.74 Å². The van der Waals surface area contributed by atoms with Crippen molar-refractivity contribution in [3.8, 4) is 5.75 Å². The number of likely N-dealkylation sites (N-methyl/N-ethyl adjacent to an activating group) is 1. The molecule has 3 rings (SSSR count). The van der Waals surface area contributed by atoms with E-state index < -0.39 is 0 Å². The maximum absolute atomic E-state index is 5.25. The van der Waals surface area contributed by atoms with Crippen LogP contribution in [-0.2, 0) is 6.42 Å². The van der Waals surface area contributed by atoms with E-state index in [1.807, 2.05) is 0 Å². The first-order chi connectivity index (χ1) is 9.80. The molecule has 2 aliphatic rings. The van der Waals surface area contributed by atoms with Crippen molar-refractivity contribution in [3.05, 3.63) is 29.8 Å². The van der Waals surface area contributed by atoms with Crippen LogP contribution in [0, 0.1) is 17.8 Å². The lowest BCUT2D eigenvalue weighted by molar-refractivity contribution is 0.249. The van der Waals surface area contributed by atoms with Crippen LogP contribution in [0.2, 0.25) is 0 Å². The Morgan fingerprint density at radius 3 is 2.55 bits per heavy atom. The molecule has 1 aromatic carbocycles. The van der Waals surface area contributed by atoms with Gasteiger partial charge in [-0.05, 0) is 67.7 Å². The summed E-state index contributed by atoms with van der Waals surface area (Å²) >= 11 is 0. The van der Waals surface area contributed by atoms with Gasteiger partial charge in [-0.1, -0.05) is 25.5 Å². The average Bonchev–Trinajstić information content (AvgIpc) is 3.10. The molecule has 2 bridgehead atoms. The summed E-state index contributed by atoms with van der Waals surface area (Å²) in [6, 6.07) is 9.26. The van der Waals surface area contributed by atoms with Crippen LogP contribution in [0.25, 0.3) is 0 Å². The van der Waals surface area contributed by atoms with Gasteiger partial charge >= 0.3 is 0 Å². The van der Waals surface area contributed by atoms with Crippen molar-refractivity contribution in [3.63, 3.8) is 0 Å². The molecule has 4 unspecified atom stereocenters. The normalized spacial score (nSPS) is 29.6. The molecule has 0 amide bonds. The van der Waals surface area contributed by atoms with E-state index in [0.29, 0.717) is 6.04 Å². The average molecular weight is 273 g/mol. The Morgan fingerprint density at radius 2 is 2.00 bits per heavy atom. The van der Waals surface area contributed by atoms with E-state index in [0.717, 1.165) is 36.5 Å². The monoisotopic (exact) mass is 273 g/mol. The van der Waals surface area contributed by atoms with Crippen LogP contribution in [0.3, 0.4) is 0 Å². The molecule has 2 nitrogen and oxygen atoms in total. The summed E-state index contributed by atoms with van der Waals surface area (Å²) in [6.07, 6.45) is 7.07. The van der Waals surface area contributed by atoms with Gasteiger partial charge in [0.1, 0.15) is 5.75 Å². The van der Waals surface area contributed by atoms with Gasteiger partial charge in [-0.15, -0.1) is 0 Å². The third kappa shape index (κ3) is 2.85. The molecule has 0 aliphatic heterocycles. The molecular formula is C18H27NO. The minimum atomic E-state index is 0.656. The Hall–Kier alpha value is -1.02. The van der Waals surface area contributed by atoms with Crippen LogP contribution in [0.1, 0.15) is 38.2 Å². The summed E-state index contributed by atoms with van der Waals surface area (Å²) in [5.74, 6) is 3.87. The van der Waals surface area contributed by atoms with Gasteiger partial charge in [0.15, 0.2) is 0 Å². The van der Waals surface area contributed by atoms with Crippen LogP contribution >= 0.6 is 0 Å². The van der Waals surface area contributed by atoms with Crippen molar-refractivity contribution in [1.29, 1.82) is 0 Å². The van der Waals surface area contributed by atoms with Gasteiger partial charge in [-0.25, -0.2) is 0 Å². The van der Waals surface area contributed by atoms with E-state index in [9.17, 15) is 0 Å². The van der Waals surface area contributed by atoms with Crippen molar-refractivity contribution in [2.45, 2.75) is 45.1 Å². The van der Waals surface area contributed by atoms with Gasteiger partial charge in [-0.2, -0.15) is 0 Å². The highest BCUT2D eigenvalue weighted by Gasteiger charge is 2.42. The molecule has 0 spiro atoms. The first kappa shape index (κ1) is 13.9. The smallest absolute Gasteiger partial charge is 0.118 e. The summed E-state index contributed by atoms with van der Waals surface area (Å²) in [6.45, 7) is 3.31. The number of fused-ring (bicyclic) bond motifs is 2. The SMILES string of the molecule is CCNC(Cc1ccc(OC)cc1)C1CC2CCC1C2. The fourth-order valence-corrected chi connectivity index (χ4v) is 4.44. The Kier molecular flexibility index (Phi) is 4.30. The lowest BCUT2D eigenvalue weighted by Gasteiger charge is -2.31. The van der Waals surface area contributed by atoms with Gasteiger partial charge in [0.05, 0.1) is 7.11 Å². The van der Waals surface area contributed by atoms with Crippen LogP contribution in [-0.4, -0.2) is 19.7 Å². The van der Waals surface area contributed by atoms with E-state index in [1.54, 1.807) is 7.11 Å². The molecule has 2 fully saturated rings. The summed E-state index contributed by atoms with van der Waals surface area (Å²) in [4.78, 5) is 0. The first-order valence-corrected chi connectivity index (χ1v) is 8.16. The van der Waals surface area contributed by atoms with Crippen molar-refractivity contribution in [2.75, 3.05) is 13.7 Å². The quantitative estimate of drug-likeness (QED) is 0.854. The Morgan fingerprint density at radius 1 is 1.20 bits per heavy atom. The zero-order chi connectivity index (χ0) is 13.9. The topological polar surface area (TPSA) is 21.3 Å². The Bertz CT molecular complexity index is 428.